The summed E-state index contributed by atoms with van der Waals surface area (Å²) in [7, 11) is 3.38. The highest BCUT2D eigenvalue weighted by molar-refractivity contribution is 5.92. The Morgan fingerprint density at radius 3 is 2.63 bits per heavy atom. The number of nitrogens with one attached hydrogen (secondary N) is 2. The SMILES string of the molecule is CN(C)C=O.N=C(NC(=O)OCc1ccccc1)N1CCCCC1CCN. The molecule has 1 aliphatic heterocycles. The summed E-state index contributed by atoms with van der Waals surface area (Å²) in [6.45, 7) is 1.57. The van der Waals surface area contributed by atoms with Gasteiger partial charge >= 0.3 is 6.09 Å². The zero-order chi connectivity index (χ0) is 20.1. The Labute approximate surface area is 161 Å². The molecule has 1 atom stereocenters. The number of ether oxygens (including phenoxy) is 1. The van der Waals surface area contributed by atoms with Gasteiger partial charge in [-0.05, 0) is 37.8 Å². The van der Waals surface area contributed by atoms with Crippen LogP contribution in [-0.4, -0.2) is 61.5 Å². The van der Waals surface area contributed by atoms with E-state index in [0.29, 0.717) is 6.54 Å². The van der Waals surface area contributed by atoms with Crippen LogP contribution in [0, 0.1) is 5.41 Å². The van der Waals surface area contributed by atoms with Crippen LogP contribution in [0.25, 0.3) is 0 Å². The topological polar surface area (TPSA) is 112 Å². The summed E-state index contributed by atoms with van der Waals surface area (Å²) < 4.78 is 5.14. The average molecular weight is 377 g/mol. The molecule has 1 aromatic rings. The lowest BCUT2D eigenvalue weighted by Crippen LogP contribution is -2.51. The first-order valence-electron chi connectivity index (χ1n) is 9.12. The normalized spacial score (nSPS) is 15.8. The number of nitrogens with two attached hydrogens (primary N) is 1. The second kappa shape index (κ2) is 12.7. The van der Waals surface area contributed by atoms with Crippen molar-refractivity contribution in [3.05, 3.63) is 35.9 Å². The number of likely N-dealkylation sites (tertiary alicyclic amines) is 1. The first-order valence-corrected chi connectivity index (χ1v) is 9.12. The third-order valence-electron chi connectivity index (χ3n) is 4.06. The van der Waals surface area contributed by atoms with E-state index in [1.807, 2.05) is 35.2 Å². The highest BCUT2D eigenvalue weighted by Crippen LogP contribution is 2.18. The maximum Gasteiger partial charge on any atom is 0.414 e. The van der Waals surface area contributed by atoms with Gasteiger partial charge in [-0.15, -0.1) is 0 Å². The lowest BCUT2D eigenvalue weighted by molar-refractivity contribution is -0.115. The maximum atomic E-state index is 11.8. The van der Waals surface area contributed by atoms with Gasteiger partial charge in [0, 0.05) is 26.7 Å². The molecule has 0 aliphatic carbocycles. The van der Waals surface area contributed by atoms with E-state index in [9.17, 15) is 9.59 Å². The van der Waals surface area contributed by atoms with Gasteiger partial charge in [-0.25, -0.2) is 4.79 Å². The van der Waals surface area contributed by atoms with E-state index in [-0.39, 0.29) is 18.6 Å². The van der Waals surface area contributed by atoms with Gasteiger partial charge in [0.2, 0.25) is 12.4 Å². The van der Waals surface area contributed by atoms with Gasteiger partial charge < -0.3 is 20.3 Å². The van der Waals surface area contributed by atoms with E-state index in [2.05, 4.69) is 5.32 Å². The van der Waals surface area contributed by atoms with Crippen molar-refractivity contribution < 1.29 is 14.3 Å². The number of hydrogen-bond acceptors (Lipinski definition) is 5. The van der Waals surface area contributed by atoms with E-state index in [1.165, 1.54) is 4.90 Å². The Hall–Kier alpha value is -2.61. The largest absolute Gasteiger partial charge is 0.444 e. The van der Waals surface area contributed by atoms with Gasteiger partial charge in [0.1, 0.15) is 6.61 Å². The summed E-state index contributed by atoms with van der Waals surface area (Å²) in [6, 6.07) is 9.71. The molecule has 4 N–H and O–H groups in total. The minimum absolute atomic E-state index is 0.108. The summed E-state index contributed by atoms with van der Waals surface area (Å²) in [5, 5.41) is 10.6. The number of guanidine groups is 1. The molecule has 1 fully saturated rings. The number of alkyl carbamates (subject to hydrolysis) is 1. The highest BCUT2D eigenvalue weighted by atomic mass is 16.5. The van der Waals surface area contributed by atoms with Crippen molar-refractivity contribution in [3.8, 4) is 0 Å². The second-order valence-corrected chi connectivity index (χ2v) is 6.52. The van der Waals surface area contributed by atoms with Crippen LogP contribution in [-0.2, 0) is 16.1 Å². The molecule has 0 bridgehead atoms. The minimum atomic E-state index is -0.592. The third kappa shape index (κ3) is 9.05. The maximum absolute atomic E-state index is 11.8. The second-order valence-electron chi connectivity index (χ2n) is 6.52. The molecule has 8 heteroatoms. The molecular formula is C19H31N5O3. The molecule has 0 aromatic heterocycles. The predicted molar refractivity (Wildman–Crippen MR) is 105 cm³/mol. The monoisotopic (exact) mass is 377 g/mol. The van der Waals surface area contributed by atoms with Crippen molar-refractivity contribution in [3.63, 3.8) is 0 Å². The first-order chi connectivity index (χ1) is 13.0. The van der Waals surface area contributed by atoms with Crippen LogP contribution >= 0.6 is 0 Å². The van der Waals surface area contributed by atoms with Gasteiger partial charge in [0.15, 0.2) is 0 Å². The fraction of sp³-hybridized carbons (Fsp3) is 0.526. The van der Waals surface area contributed by atoms with Crippen molar-refractivity contribution in [1.29, 1.82) is 5.41 Å². The third-order valence-corrected chi connectivity index (χ3v) is 4.06. The minimum Gasteiger partial charge on any atom is -0.444 e. The fourth-order valence-electron chi connectivity index (χ4n) is 2.72. The summed E-state index contributed by atoms with van der Waals surface area (Å²) in [5.74, 6) is 0.108. The molecule has 1 unspecified atom stereocenters. The van der Waals surface area contributed by atoms with E-state index < -0.39 is 6.09 Å². The molecule has 8 nitrogen and oxygen atoms in total. The molecule has 0 spiro atoms. The van der Waals surface area contributed by atoms with Crippen LogP contribution < -0.4 is 11.1 Å². The number of benzene rings is 1. The number of carbonyl (C=O) groups is 2. The van der Waals surface area contributed by atoms with Crippen molar-refractivity contribution in [1.82, 2.24) is 15.1 Å². The van der Waals surface area contributed by atoms with Gasteiger partial charge in [-0.1, -0.05) is 30.3 Å². The van der Waals surface area contributed by atoms with Crippen LogP contribution in [0.1, 0.15) is 31.2 Å². The first kappa shape index (κ1) is 22.4. The van der Waals surface area contributed by atoms with Crippen LogP contribution in [0.2, 0.25) is 0 Å². The molecule has 1 saturated heterocycles. The number of hydrogen-bond donors (Lipinski definition) is 3. The zero-order valence-electron chi connectivity index (χ0n) is 16.2. The van der Waals surface area contributed by atoms with Crippen LogP contribution in [0.15, 0.2) is 30.3 Å². The lowest BCUT2D eigenvalue weighted by Gasteiger charge is -2.37. The molecule has 2 amide bonds. The van der Waals surface area contributed by atoms with Crippen LogP contribution in [0.3, 0.4) is 0 Å². The van der Waals surface area contributed by atoms with Crippen LogP contribution in [0.5, 0.6) is 0 Å². The van der Waals surface area contributed by atoms with E-state index in [1.54, 1.807) is 14.1 Å². The molecule has 0 saturated carbocycles. The Balaban J connectivity index is 0.000000646. The fourth-order valence-corrected chi connectivity index (χ4v) is 2.72. The van der Waals surface area contributed by atoms with Gasteiger partial charge in [-0.3, -0.25) is 15.5 Å². The van der Waals surface area contributed by atoms with Crippen molar-refractivity contribution >= 4 is 18.5 Å². The number of rotatable bonds is 5. The van der Waals surface area contributed by atoms with Gasteiger partial charge in [0.05, 0.1) is 0 Å². The standard InChI is InChI=1S/C16H24N4O2.C3H7NO/c17-10-9-14-8-4-5-11-20(14)15(18)19-16(21)22-12-13-6-2-1-3-7-13;1-4(2)3-5/h1-3,6-7,14H,4-5,8-12,17H2,(H2,18,19,21);3H,1-2H3. The number of amides is 2. The molecule has 0 radical (unpaired) electrons. The molecule has 27 heavy (non-hydrogen) atoms. The molecule has 2 rings (SSSR count). The lowest BCUT2D eigenvalue weighted by atomic mass is 10.00. The molecular weight excluding hydrogens is 346 g/mol. The number of carbonyl (C=O) groups excluding carboxylic acids is 2. The molecule has 1 aliphatic rings. The highest BCUT2D eigenvalue weighted by Gasteiger charge is 2.25. The number of piperidine rings is 1. The summed E-state index contributed by atoms with van der Waals surface area (Å²) >= 11 is 0. The van der Waals surface area contributed by atoms with E-state index >= 15 is 0 Å². The van der Waals surface area contributed by atoms with Crippen molar-refractivity contribution in [2.24, 2.45) is 5.73 Å². The van der Waals surface area contributed by atoms with Gasteiger partial charge in [0.25, 0.3) is 0 Å². The average Bonchev–Trinajstić information content (AvgIpc) is 2.68. The van der Waals surface area contributed by atoms with E-state index in [0.717, 1.165) is 44.2 Å². The smallest absolute Gasteiger partial charge is 0.414 e. The molecule has 1 aromatic carbocycles. The Kier molecular flexibility index (Phi) is 10.5. The Morgan fingerprint density at radius 2 is 2.04 bits per heavy atom. The van der Waals surface area contributed by atoms with Gasteiger partial charge in [-0.2, -0.15) is 0 Å². The summed E-state index contributed by atoms with van der Waals surface area (Å²) in [5.41, 5.74) is 6.55. The van der Waals surface area contributed by atoms with E-state index in [4.69, 9.17) is 15.9 Å². The summed E-state index contributed by atoms with van der Waals surface area (Å²) in [6.07, 6.45) is 4.19. The van der Waals surface area contributed by atoms with Crippen molar-refractivity contribution in [2.75, 3.05) is 27.2 Å². The number of nitrogens with zero attached hydrogens (tertiary/aromatic N) is 2. The molecule has 1 heterocycles. The molecule has 150 valence electrons. The zero-order valence-corrected chi connectivity index (χ0v) is 16.2. The summed E-state index contributed by atoms with van der Waals surface area (Å²) in [4.78, 5) is 24.6. The van der Waals surface area contributed by atoms with Crippen LogP contribution in [0.4, 0.5) is 4.79 Å². The predicted octanol–water partition coefficient (Wildman–Crippen LogP) is 1.76. The Morgan fingerprint density at radius 1 is 1.37 bits per heavy atom. The van der Waals surface area contributed by atoms with Crippen molar-refractivity contribution in [2.45, 2.75) is 38.3 Å². The quantitative estimate of drug-likeness (QED) is 0.411. The Bertz CT molecular complexity index is 578.